The first-order valence-corrected chi connectivity index (χ1v) is 10.9. The van der Waals surface area contributed by atoms with Gasteiger partial charge in [0, 0.05) is 43.0 Å². The minimum absolute atomic E-state index is 0.141. The van der Waals surface area contributed by atoms with E-state index in [2.05, 4.69) is 41.2 Å². The van der Waals surface area contributed by atoms with Crippen LogP contribution in [0.25, 0.3) is 0 Å². The quantitative estimate of drug-likeness (QED) is 0.577. The summed E-state index contributed by atoms with van der Waals surface area (Å²) >= 11 is 0. The number of benzene rings is 2. The lowest BCUT2D eigenvalue weighted by atomic mass is 10.0. The van der Waals surface area contributed by atoms with Crippen molar-refractivity contribution >= 4 is 11.5 Å². The average molecular weight is 414 g/mol. The van der Waals surface area contributed by atoms with Crippen LogP contribution in [-0.2, 0) is 6.42 Å². The van der Waals surface area contributed by atoms with Crippen molar-refractivity contribution in [2.75, 3.05) is 23.3 Å². The van der Waals surface area contributed by atoms with Crippen molar-refractivity contribution < 1.29 is 4.74 Å². The maximum atomic E-state index is 8.95. The zero-order valence-electron chi connectivity index (χ0n) is 18.0. The van der Waals surface area contributed by atoms with Crippen LogP contribution in [0.4, 0.5) is 11.5 Å². The maximum absolute atomic E-state index is 8.95. The second-order valence-corrected chi connectivity index (χ2v) is 7.60. The lowest BCUT2D eigenvalue weighted by molar-refractivity contribution is 0.483. The van der Waals surface area contributed by atoms with Crippen LogP contribution in [0.2, 0.25) is 0 Å². The van der Waals surface area contributed by atoms with E-state index in [0.29, 0.717) is 11.3 Å². The molecule has 0 aliphatic carbocycles. The van der Waals surface area contributed by atoms with Crippen molar-refractivity contribution in [3.63, 3.8) is 0 Å². The largest absolute Gasteiger partial charge is 0.457 e. The second kappa shape index (κ2) is 9.48. The van der Waals surface area contributed by atoms with E-state index in [1.165, 1.54) is 0 Å². The number of fused-ring (bicyclic) bond motifs is 1. The predicted molar refractivity (Wildman–Crippen MR) is 123 cm³/mol. The Kier molecular flexibility index (Phi) is 6.32. The van der Waals surface area contributed by atoms with Crippen molar-refractivity contribution in [2.24, 2.45) is 0 Å². The SMILES string of the molecule is CCc1ncc2c(n1)N(CC)CCCC2Nc1cccc(Oc2ccc(C#N)cc2)c1. The normalized spacial score (nSPS) is 15.5. The maximum Gasteiger partial charge on any atom is 0.137 e. The number of aromatic nitrogens is 2. The van der Waals surface area contributed by atoms with Gasteiger partial charge in [-0.25, -0.2) is 9.97 Å². The fraction of sp³-hybridized carbons (Fsp3) is 0.320. The molecule has 0 spiro atoms. The molecule has 4 rings (SSSR count). The third-order valence-corrected chi connectivity index (χ3v) is 5.53. The molecule has 158 valence electrons. The number of hydrogen-bond acceptors (Lipinski definition) is 6. The van der Waals surface area contributed by atoms with Gasteiger partial charge in [0.2, 0.25) is 0 Å². The highest BCUT2D eigenvalue weighted by Gasteiger charge is 2.24. The van der Waals surface area contributed by atoms with Gasteiger partial charge in [-0.05, 0) is 56.2 Å². The van der Waals surface area contributed by atoms with E-state index in [-0.39, 0.29) is 6.04 Å². The Bertz CT molecular complexity index is 1070. The van der Waals surface area contributed by atoms with Crippen molar-refractivity contribution in [3.8, 4) is 17.6 Å². The summed E-state index contributed by atoms with van der Waals surface area (Å²) in [7, 11) is 0. The molecule has 2 heterocycles. The van der Waals surface area contributed by atoms with Gasteiger partial charge in [0.05, 0.1) is 17.7 Å². The van der Waals surface area contributed by atoms with Crippen LogP contribution in [0.15, 0.2) is 54.7 Å². The summed E-state index contributed by atoms with van der Waals surface area (Å²) in [6.45, 7) is 6.20. The molecule has 0 saturated heterocycles. The van der Waals surface area contributed by atoms with Crippen molar-refractivity contribution in [2.45, 2.75) is 39.2 Å². The Labute approximate surface area is 183 Å². The molecule has 0 amide bonds. The molecule has 6 nitrogen and oxygen atoms in total. The van der Waals surface area contributed by atoms with E-state index in [1.807, 2.05) is 36.5 Å². The average Bonchev–Trinajstić information content (AvgIpc) is 2.98. The summed E-state index contributed by atoms with van der Waals surface area (Å²) in [5.74, 6) is 3.39. The van der Waals surface area contributed by atoms with Crippen LogP contribution in [0.1, 0.15) is 49.7 Å². The van der Waals surface area contributed by atoms with E-state index in [4.69, 9.17) is 15.0 Å². The van der Waals surface area contributed by atoms with Gasteiger partial charge in [0.25, 0.3) is 0 Å². The van der Waals surface area contributed by atoms with Crippen molar-refractivity contribution in [3.05, 3.63) is 71.7 Å². The highest BCUT2D eigenvalue weighted by atomic mass is 16.5. The molecule has 6 heteroatoms. The van der Waals surface area contributed by atoms with Crippen LogP contribution < -0.4 is 15.0 Å². The Morgan fingerprint density at radius 2 is 2.00 bits per heavy atom. The summed E-state index contributed by atoms with van der Waals surface area (Å²) in [4.78, 5) is 11.8. The summed E-state index contributed by atoms with van der Waals surface area (Å²) in [6.07, 6.45) is 4.92. The fourth-order valence-electron chi connectivity index (χ4n) is 3.88. The van der Waals surface area contributed by atoms with Crippen molar-refractivity contribution in [1.29, 1.82) is 5.26 Å². The molecule has 0 radical (unpaired) electrons. The van der Waals surface area contributed by atoms with Crippen LogP contribution in [0, 0.1) is 11.3 Å². The molecule has 1 aliphatic rings. The Balaban J connectivity index is 1.56. The van der Waals surface area contributed by atoms with Gasteiger partial charge in [-0.15, -0.1) is 0 Å². The zero-order valence-corrected chi connectivity index (χ0v) is 18.0. The molecule has 1 aromatic heterocycles. The number of rotatable bonds is 6. The van der Waals surface area contributed by atoms with E-state index < -0.39 is 0 Å². The molecule has 31 heavy (non-hydrogen) atoms. The molecule has 1 unspecified atom stereocenters. The van der Waals surface area contributed by atoms with Gasteiger partial charge in [-0.1, -0.05) is 13.0 Å². The number of nitrogens with one attached hydrogen (secondary N) is 1. The van der Waals surface area contributed by atoms with Crippen molar-refractivity contribution in [1.82, 2.24) is 9.97 Å². The van der Waals surface area contributed by atoms with E-state index in [9.17, 15) is 0 Å². The summed E-state index contributed by atoms with van der Waals surface area (Å²) in [5, 5.41) is 12.6. The molecular weight excluding hydrogens is 386 g/mol. The fourth-order valence-corrected chi connectivity index (χ4v) is 3.88. The van der Waals surface area contributed by atoms with Crippen LogP contribution in [0.5, 0.6) is 11.5 Å². The molecule has 0 bridgehead atoms. The number of nitrogens with zero attached hydrogens (tertiary/aromatic N) is 4. The highest BCUT2D eigenvalue weighted by Crippen LogP contribution is 2.34. The Morgan fingerprint density at radius 1 is 1.16 bits per heavy atom. The van der Waals surface area contributed by atoms with Gasteiger partial charge in [-0.3, -0.25) is 0 Å². The molecule has 1 N–H and O–H groups in total. The monoisotopic (exact) mass is 413 g/mol. The molecule has 1 atom stereocenters. The standard InChI is InChI=1S/C25H27N5O/c1-3-24-27-17-22-23(9-6-14-30(4-2)25(22)29-24)28-19-7-5-8-21(15-19)31-20-12-10-18(16-26)11-13-20/h5,7-8,10-13,15,17,23,28H,3-4,6,9,14H2,1-2H3. The van der Waals surface area contributed by atoms with E-state index in [0.717, 1.165) is 61.0 Å². The van der Waals surface area contributed by atoms with Gasteiger partial charge in [0.1, 0.15) is 23.1 Å². The first-order chi connectivity index (χ1) is 15.2. The first-order valence-electron chi connectivity index (χ1n) is 10.9. The van der Waals surface area contributed by atoms with Gasteiger partial charge >= 0.3 is 0 Å². The molecular formula is C25H27N5O. The second-order valence-electron chi connectivity index (χ2n) is 7.60. The molecule has 2 aromatic carbocycles. The molecule has 0 saturated carbocycles. The summed E-state index contributed by atoms with van der Waals surface area (Å²) < 4.78 is 5.98. The predicted octanol–water partition coefficient (Wildman–Crippen LogP) is 5.48. The third kappa shape index (κ3) is 4.77. The lowest BCUT2D eigenvalue weighted by Crippen LogP contribution is -2.25. The lowest BCUT2D eigenvalue weighted by Gasteiger charge is -2.24. The van der Waals surface area contributed by atoms with Crippen LogP contribution >= 0.6 is 0 Å². The van der Waals surface area contributed by atoms with Crippen LogP contribution in [0.3, 0.4) is 0 Å². The number of hydrogen-bond donors (Lipinski definition) is 1. The Morgan fingerprint density at radius 3 is 2.74 bits per heavy atom. The highest BCUT2D eigenvalue weighted by molar-refractivity contribution is 5.55. The zero-order chi connectivity index (χ0) is 21.6. The van der Waals surface area contributed by atoms with Crippen LogP contribution in [-0.4, -0.2) is 23.1 Å². The topological polar surface area (TPSA) is 74.1 Å². The molecule has 3 aromatic rings. The number of ether oxygens (including phenoxy) is 1. The van der Waals surface area contributed by atoms with E-state index >= 15 is 0 Å². The number of nitriles is 1. The summed E-state index contributed by atoms with van der Waals surface area (Å²) in [6, 6.07) is 17.3. The smallest absolute Gasteiger partial charge is 0.137 e. The third-order valence-electron chi connectivity index (χ3n) is 5.53. The first kappa shape index (κ1) is 20.7. The minimum Gasteiger partial charge on any atom is -0.457 e. The number of aryl methyl sites for hydroxylation is 1. The molecule has 0 fully saturated rings. The van der Waals surface area contributed by atoms with Gasteiger partial charge in [-0.2, -0.15) is 5.26 Å². The van der Waals surface area contributed by atoms with Gasteiger partial charge in [0.15, 0.2) is 0 Å². The summed E-state index contributed by atoms with van der Waals surface area (Å²) in [5.41, 5.74) is 2.76. The number of anilines is 2. The minimum atomic E-state index is 0.141. The van der Waals surface area contributed by atoms with Gasteiger partial charge < -0.3 is 15.0 Å². The molecule has 1 aliphatic heterocycles. The van der Waals surface area contributed by atoms with E-state index in [1.54, 1.807) is 12.1 Å². The Hall–Kier alpha value is -3.59.